The van der Waals surface area contributed by atoms with E-state index in [2.05, 4.69) is 62.9 Å². The van der Waals surface area contributed by atoms with Crippen LogP contribution in [0.4, 0.5) is 28.7 Å². The molecule has 17 heteroatoms. The Morgan fingerprint density at radius 3 is 2.35 bits per heavy atom. The fourth-order valence-corrected chi connectivity index (χ4v) is 11.6. The normalized spacial score (nSPS) is 22.3. The Bertz CT molecular complexity index is 3020. The monoisotopic (exact) mass is 918 g/mol. The first kappa shape index (κ1) is 43.4. The number of rotatable bonds is 9. The maximum absolute atomic E-state index is 14.0. The van der Waals surface area contributed by atoms with E-state index in [1.54, 1.807) is 42.5 Å². The number of anilines is 5. The van der Waals surface area contributed by atoms with E-state index in [4.69, 9.17) is 4.98 Å². The molecule has 0 saturated carbocycles. The number of carbonyl (C=O) groups is 5. The van der Waals surface area contributed by atoms with Crippen LogP contribution in [0.15, 0.2) is 71.8 Å². The quantitative estimate of drug-likeness (QED) is 0.171. The number of hydrogen-bond acceptors (Lipinski definition) is 12. The minimum atomic E-state index is -0.990. The molecule has 0 spiro atoms. The van der Waals surface area contributed by atoms with E-state index in [1.165, 1.54) is 15.8 Å². The van der Waals surface area contributed by atoms with Crippen LogP contribution in [-0.4, -0.2) is 96.9 Å². The molecule has 8 heterocycles. The average Bonchev–Trinajstić information content (AvgIpc) is 3.88. The summed E-state index contributed by atoms with van der Waals surface area (Å²) >= 11 is 0. The minimum Gasteiger partial charge on any atom is -0.392 e. The number of benzene rings is 2. The molecule has 2 unspecified atom stereocenters. The van der Waals surface area contributed by atoms with Crippen LogP contribution >= 0.6 is 0 Å². The zero-order chi connectivity index (χ0) is 47.3. The second-order valence-electron chi connectivity index (χ2n) is 20.2. The second kappa shape index (κ2) is 16.3. The molecule has 17 nitrogen and oxygen atoms in total. The van der Waals surface area contributed by atoms with Crippen molar-refractivity contribution in [2.24, 2.45) is 24.3 Å². The number of amides is 5. The van der Waals surface area contributed by atoms with E-state index in [0.29, 0.717) is 70.6 Å². The van der Waals surface area contributed by atoms with Crippen LogP contribution in [-0.2, 0) is 42.6 Å². The number of aryl methyl sites for hydroxylation is 1. The van der Waals surface area contributed by atoms with Gasteiger partial charge in [0.15, 0.2) is 5.82 Å². The Hall–Kier alpha value is -7.14. The predicted molar refractivity (Wildman–Crippen MR) is 254 cm³/mol. The van der Waals surface area contributed by atoms with Crippen LogP contribution in [0.2, 0.25) is 0 Å². The van der Waals surface area contributed by atoms with Crippen LogP contribution in [0, 0.1) is 17.3 Å². The summed E-state index contributed by atoms with van der Waals surface area (Å²) in [5.74, 6) is -0.645. The highest BCUT2D eigenvalue weighted by Crippen LogP contribution is 2.42. The third-order valence-corrected chi connectivity index (χ3v) is 15.2. The Labute approximate surface area is 392 Å². The van der Waals surface area contributed by atoms with Crippen molar-refractivity contribution in [2.45, 2.75) is 84.5 Å². The fraction of sp³-hybridized carbons (Fsp3) is 0.412. The molecule has 5 aliphatic heterocycles. The van der Waals surface area contributed by atoms with Gasteiger partial charge in [-0.3, -0.25) is 43.9 Å². The Balaban J connectivity index is 0.727. The minimum absolute atomic E-state index is 0.0791. The van der Waals surface area contributed by atoms with Crippen LogP contribution in [0.25, 0.3) is 11.3 Å². The summed E-state index contributed by atoms with van der Waals surface area (Å²) in [6, 6.07) is 16.4. The molecule has 5 amide bonds. The van der Waals surface area contributed by atoms with E-state index >= 15 is 0 Å². The Kier molecular flexibility index (Phi) is 10.4. The van der Waals surface area contributed by atoms with Crippen LogP contribution in [0.5, 0.6) is 0 Å². The number of fused-ring (bicyclic) bond motifs is 4. The number of nitrogens with one attached hydrogen (secondary N) is 2. The van der Waals surface area contributed by atoms with Gasteiger partial charge in [-0.05, 0) is 116 Å². The summed E-state index contributed by atoms with van der Waals surface area (Å²) < 4.78 is 3.61. The lowest BCUT2D eigenvalue weighted by molar-refractivity contribution is -0.136. The molecule has 68 heavy (non-hydrogen) atoms. The lowest BCUT2D eigenvalue weighted by atomic mass is 9.77. The van der Waals surface area contributed by atoms with Gasteiger partial charge in [0.05, 0.1) is 23.4 Å². The van der Waals surface area contributed by atoms with Gasteiger partial charge in [0.2, 0.25) is 11.8 Å². The zero-order valence-corrected chi connectivity index (χ0v) is 38.6. The molecular formula is C51H54N10O7. The lowest BCUT2D eigenvalue weighted by Gasteiger charge is -2.49. The standard InChI is InChI=1S/C51H54N10O7/c1-28-19-29(31-24-57(25-31)34-9-10-36-37(21-34)48(66)61(47(36)65)40-11-12-43(63)55-46(40)64)14-16-58(28)33-7-5-32(6-8-33)53-44-50(68)56(4)26-39(54-44)35-13-15-52-45(38(35)27-62)60-18-17-59-41(49(60)67)20-30-22-51(2,3)23-42(30)59/h5-10,13,15,20-21,26,28-29,31,40,62H,11-12,14,16-19,22-25,27H2,1-4H3,(H,53,54)(H,55,63,64)/t28-,29?,40?/m0/s1. The highest BCUT2D eigenvalue weighted by molar-refractivity contribution is 6.23. The molecule has 5 aromatic rings. The van der Waals surface area contributed by atoms with Gasteiger partial charge in [-0.25, -0.2) is 9.97 Å². The highest BCUT2D eigenvalue weighted by atomic mass is 16.3. The summed E-state index contributed by atoms with van der Waals surface area (Å²) in [7, 11) is 1.66. The third kappa shape index (κ3) is 7.25. The van der Waals surface area contributed by atoms with Crippen molar-refractivity contribution in [3.63, 3.8) is 0 Å². The number of hydrogen-bond donors (Lipinski definition) is 3. The van der Waals surface area contributed by atoms with Gasteiger partial charge in [-0.2, -0.15) is 0 Å². The predicted octanol–water partition coefficient (Wildman–Crippen LogP) is 4.81. The number of pyridine rings is 1. The molecule has 3 saturated heterocycles. The van der Waals surface area contributed by atoms with Gasteiger partial charge >= 0.3 is 0 Å². The SMILES string of the molecule is C[C@H]1CC(C2CN(c3ccc4c(c3)C(=O)N(C3CCC(=O)NC3=O)C4=O)C2)CCN1c1ccc(Nc2nc(-c3ccnc(N4CCn5c(cc6c5CC(C)(C)C6)C4=O)c3CO)cn(C)c2=O)cc1. The molecule has 11 rings (SSSR count). The van der Waals surface area contributed by atoms with Crippen LogP contribution in [0.3, 0.4) is 0 Å². The summed E-state index contributed by atoms with van der Waals surface area (Å²) in [5, 5.41) is 16.3. The van der Waals surface area contributed by atoms with Crippen molar-refractivity contribution in [3.8, 4) is 11.3 Å². The van der Waals surface area contributed by atoms with Crippen molar-refractivity contribution in [2.75, 3.05) is 46.2 Å². The molecule has 3 aromatic heterocycles. The molecule has 6 aliphatic rings. The van der Waals surface area contributed by atoms with Crippen LogP contribution < -0.4 is 30.9 Å². The van der Waals surface area contributed by atoms with Crippen molar-refractivity contribution in [3.05, 3.63) is 111 Å². The number of imide groups is 2. The molecule has 0 radical (unpaired) electrons. The van der Waals surface area contributed by atoms with Crippen molar-refractivity contribution >= 4 is 58.2 Å². The second-order valence-corrected chi connectivity index (χ2v) is 20.2. The molecule has 3 atom stereocenters. The number of nitrogens with zero attached hydrogens (tertiary/aromatic N) is 8. The van der Waals surface area contributed by atoms with E-state index in [0.717, 1.165) is 61.6 Å². The van der Waals surface area contributed by atoms with Gasteiger partial charge in [-0.15, -0.1) is 0 Å². The average molecular weight is 919 g/mol. The van der Waals surface area contributed by atoms with Crippen LogP contribution in [0.1, 0.15) is 94.5 Å². The first-order chi connectivity index (χ1) is 32.7. The summed E-state index contributed by atoms with van der Waals surface area (Å²) in [6.07, 6.45) is 7.37. The summed E-state index contributed by atoms with van der Waals surface area (Å²) in [5.41, 5.74) is 7.69. The molecular weight excluding hydrogens is 865 g/mol. The Morgan fingerprint density at radius 2 is 1.60 bits per heavy atom. The maximum atomic E-state index is 14.0. The zero-order valence-electron chi connectivity index (χ0n) is 38.6. The van der Waals surface area contributed by atoms with Crippen molar-refractivity contribution in [1.82, 2.24) is 29.3 Å². The largest absolute Gasteiger partial charge is 0.392 e. The highest BCUT2D eigenvalue weighted by Gasteiger charge is 2.46. The number of aromatic nitrogens is 4. The number of carbonyl (C=O) groups excluding carboxylic acids is 5. The number of aliphatic hydroxyl groups excluding tert-OH is 1. The molecule has 0 bridgehead atoms. The van der Waals surface area contributed by atoms with Crippen molar-refractivity contribution in [1.29, 1.82) is 0 Å². The van der Waals surface area contributed by atoms with E-state index in [-0.39, 0.29) is 47.7 Å². The summed E-state index contributed by atoms with van der Waals surface area (Å²) in [6.45, 7) is 10.0. The fourth-order valence-electron chi connectivity index (χ4n) is 11.6. The van der Waals surface area contributed by atoms with E-state index < -0.39 is 29.7 Å². The van der Waals surface area contributed by atoms with Gasteiger partial charge < -0.3 is 29.4 Å². The van der Waals surface area contributed by atoms with Gasteiger partial charge in [0.25, 0.3) is 23.3 Å². The topological polar surface area (TPSA) is 195 Å². The Morgan fingerprint density at radius 1 is 0.838 bits per heavy atom. The van der Waals surface area contributed by atoms with Gasteiger partial charge in [-0.1, -0.05) is 13.8 Å². The first-order valence-corrected chi connectivity index (χ1v) is 23.6. The summed E-state index contributed by atoms with van der Waals surface area (Å²) in [4.78, 5) is 94.9. The number of piperidine rings is 2. The number of aliphatic hydroxyl groups is 1. The molecule has 2 aromatic carbocycles. The van der Waals surface area contributed by atoms with Crippen molar-refractivity contribution < 1.29 is 29.1 Å². The van der Waals surface area contributed by atoms with Gasteiger partial charge in [0, 0.05) is 98.5 Å². The lowest BCUT2D eigenvalue weighted by Crippen LogP contribution is -2.54. The molecule has 350 valence electrons. The van der Waals surface area contributed by atoms with E-state index in [9.17, 15) is 33.9 Å². The smallest absolute Gasteiger partial charge is 0.293 e. The maximum Gasteiger partial charge on any atom is 0.293 e. The molecule has 1 aliphatic carbocycles. The molecule has 3 N–H and O–H groups in total. The van der Waals surface area contributed by atoms with Gasteiger partial charge in [0.1, 0.15) is 17.6 Å². The first-order valence-electron chi connectivity index (χ1n) is 23.6. The molecule has 3 fully saturated rings. The third-order valence-electron chi connectivity index (χ3n) is 15.2. The van der Waals surface area contributed by atoms with E-state index in [1.807, 2.05) is 24.3 Å².